The lowest BCUT2D eigenvalue weighted by Gasteiger charge is -2.14. The van der Waals surface area contributed by atoms with Crippen LogP contribution in [0, 0.1) is 22.7 Å². The van der Waals surface area contributed by atoms with Crippen LogP contribution in [0.2, 0.25) is 0 Å². The summed E-state index contributed by atoms with van der Waals surface area (Å²) in [5.41, 5.74) is 1.45. The molecule has 1 amide bonds. The second-order valence-electron chi connectivity index (χ2n) is 4.96. The molecule has 0 spiro atoms. The summed E-state index contributed by atoms with van der Waals surface area (Å²) in [5.74, 6) is 0.927. The molecule has 0 bridgehead atoms. The standard InChI is InChI=1S/C17H16N4O3S/c1-23-14-4-3-12(9-15(14)24-2)17-20-13(11-25-17)10-16(22)21(7-5-18)8-6-19/h3-4,9,11H,7-8,10H2,1-2H3. The van der Waals surface area contributed by atoms with E-state index >= 15 is 0 Å². The summed E-state index contributed by atoms with van der Waals surface area (Å²) in [4.78, 5) is 17.8. The van der Waals surface area contributed by atoms with Gasteiger partial charge in [0.1, 0.15) is 18.1 Å². The fraction of sp³-hybridized carbons (Fsp3) is 0.294. The maximum atomic E-state index is 12.2. The van der Waals surface area contributed by atoms with Crippen LogP contribution in [0.4, 0.5) is 0 Å². The number of thiazole rings is 1. The van der Waals surface area contributed by atoms with Gasteiger partial charge in [-0.3, -0.25) is 4.79 Å². The lowest BCUT2D eigenvalue weighted by Crippen LogP contribution is -2.33. The molecule has 0 saturated carbocycles. The Balaban J connectivity index is 2.16. The number of hydrogen-bond acceptors (Lipinski definition) is 7. The Morgan fingerprint density at radius 1 is 1.20 bits per heavy atom. The topological polar surface area (TPSA) is 99.2 Å². The predicted molar refractivity (Wildman–Crippen MR) is 92.2 cm³/mol. The van der Waals surface area contributed by atoms with Crippen molar-refractivity contribution < 1.29 is 14.3 Å². The first-order chi connectivity index (χ1) is 12.1. The smallest absolute Gasteiger partial charge is 0.230 e. The molecular formula is C17H16N4O3S. The zero-order valence-electron chi connectivity index (χ0n) is 13.9. The molecule has 7 nitrogen and oxygen atoms in total. The van der Waals surface area contributed by atoms with Gasteiger partial charge in [-0.1, -0.05) is 0 Å². The Bertz CT molecular complexity index is 819. The summed E-state index contributed by atoms with van der Waals surface area (Å²) in [6.07, 6.45) is 0.0488. The van der Waals surface area contributed by atoms with Crippen LogP contribution in [0.25, 0.3) is 10.6 Å². The molecule has 0 aliphatic heterocycles. The molecule has 0 aliphatic carbocycles. The molecule has 25 heavy (non-hydrogen) atoms. The van der Waals surface area contributed by atoms with E-state index < -0.39 is 0 Å². The lowest BCUT2D eigenvalue weighted by molar-refractivity contribution is -0.129. The van der Waals surface area contributed by atoms with E-state index in [-0.39, 0.29) is 25.4 Å². The summed E-state index contributed by atoms with van der Waals surface area (Å²) < 4.78 is 10.5. The molecule has 0 saturated heterocycles. The average Bonchev–Trinajstić information content (AvgIpc) is 3.09. The summed E-state index contributed by atoms with van der Waals surface area (Å²) >= 11 is 1.41. The van der Waals surface area contributed by atoms with Crippen LogP contribution in [0.3, 0.4) is 0 Å². The molecule has 0 unspecified atom stereocenters. The van der Waals surface area contributed by atoms with E-state index in [0.717, 1.165) is 10.6 Å². The molecule has 0 atom stereocenters. The van der Waals surface area contributed by atoms with Gasteiger partial charge in [0.25, 0.3) is 0 Å². The molecule has 2 rings (SSSR count). The van der Waals surface area contributed by atoms with Crippen molar-refractivity contribution in [3.8, 4) is 34.2 Å². The van der Waals surface area contributed by atoms with Crippen molar-refractivity contribution in [3.05, 3.63) is 29.3 Å². The van der Waals surface area contributed by atoms with E-state index in [9.17, 15) is 4.79 Å². The second-order valence-corrected chi connectivity index (χ2v) is 5.81. The summed E-state index contributed by atoms with van der Waals surface area (Å²) in [6.45, 7) is -0.224. The van der Waals surface area contributed by atoms with E-state index in [4.69, 9.17) is 20.0 Å². The highest BCUT2D eigenvalue weighted by molar-refractivity contribution is 7.13. The number of ether oxygens (including phenoxy) is 2. The number of nitrogens with zero attached hydrogens (tertiary/aromatic N) is 4. The minimum atomic E-state index is -0.299. The molecule has 1 heterocycles. The van der Waals surface area contributed by atoms with E-state index in [2.05, 4.69) is 4.98 Å². The number of nitriles is 2. The minimum Gasteiger partial charge on any atom is -0.493 e. The van der Waals surface area contributed by atoms with Gasteiger partial charge in [0.05, 0.1) is 38.5 Å². The van der Waals surface area contributed by atoms with Gasteiger partial charge in [-0.25, -0.2) is 4.98 Å². The monoisotopic (exact) mass is 356 g/mol. The van der Waals surface area contributed by atoms with Gasteiger partial charge < -0.3 is 14.4 Å². The molecule has 1 aromatic heterocycles. The highest BCUT2D eigenvalue weighted by atomic mass is 32.1. The lowest BCUT2D eigenvalue weighted by atomic mass is 10.2. The Morgan fingerprint density at radius 2 is 1.88 bits per heavy atom. The third-order valence-electron chi connectivity index (χ3n) is 3.39. The van der Waals surface area contributed by atoms with Crippen LogP contribution >= 0.6 is 11.3 Å². The largest absolute Gasteiger partial charge is 0.493 e. The minimum absolute atomic E-state index is 0.0488. The SMILES string of the molecule is COc1ccc(-c2nc(CC(=O)N(CC#N)CC#N)cs2)cc1OC. The van der Waals surface area contributed by atoms with Crippen molar-refractivity contribution >= 4 is 17.2 Å². The van der Waals surface area contributed by atoms with E-state index in [1.54, 1.807) is 25.7 Å². The Kier molecular flexibility index (Phi) is 6.33. The van der Waals surface area contributed by atoms with Crippen LogP contribution in [-0.2, 0) is 11.2 Å². The Labute approximate surface area is 149 Å². The molecule has 0 N–H and O–H groups in total. The molecular weight excluding hydrogens is 340 g/mol. The van der Waals surface area contributed by atoms with E-state index in [1.807, 2.05) is 24.3 Å². The average molecular weight is 356 g/mol. The number of aromatic nitrogens is 1. The van der Waals surface area contributed by atoms with Crippen LogP contribution in [0.1, 0.15) is 5.69 Å². The van der Waals surface area contributed by atoms with Gasteiger partial charge >= 0.3 is 0 Å². The van der Waals surface area contributed by atoms with E-state index in [0.29, 0.717) is 17.2 Å². The summed E-state index contributed by atoms with van der Waals surface area (Å²) in [7, 11) is 3.13. The van der Waals surface area contributed by atoms with Gasteiger partial charge in [-0.05, 0) is 18.2 Å². The number of methoxy groups -OCH3 is 2. The fourth-order valence-corrected chi connectivity index (χ4v) is 2.98. The second kappa shape index (κ2) is 8.67. The number of amides is 1. The van der Waals surface area contributed by atoms with Gasteiger partial charge in [-0.15, -0.1) is 11.3 Å². The number of hydrogen-bond donors (Lipinski definition) is 0. The highest BCUT2D eigenvalue weighted by Gasteiger charge is 2.16. The molecule has 2 aromatic rings. The number of carbonyl (C=O) groups is 1. The van der Waals surface area contributed by atoms with Crippen molar-refractivity contribution in [3.63, 3.8) is 0 Å². The van der Waals surface area contributed by atoms with Crippen molar-refractivity contribution in [2.24, 2.45) is 0 Å². The third-order valence-corrected chi connectivity index (χ3v) is 4.33. The molecule has 0 radical (unpaired) electrons. The van der Waals surface area contributed by atoms with Gasteiger partial charge in [0.2, 0.25) is 5.91 Å². The first-order valence-corrected chi connectivity index (χ1v) is 8.19. The van der Waals surface area contributed by atoms with E-state index in [1.165, 1.54) is 16.2 Å². The van der Waals surface area contributed by atoms with Gasteiger partial charge in [0.15, 0.2) is 11.5 Å². The Morgan fingerprint density at radius 3 is 2.48 bits per heavy atom. The number of carbonyl (C=O) groups excluding carboxylic acids is 1. The fourth-order valence-electron chi connectivity index (χ4n) is 2.16. The zero-order chi connectivity index (χ0) is 18.2. The van der Waals surface area contributed by atoms with Crippen LogP contribution in [-0.4, -0.2) is 43.1 Å². The summed E-state index contributed by atoms with van der Waals surface area (Å²) in [5, 5.41) is 20.0. The zero-order valence-corrected chi connectivity index (χ0v) is 14.7. The molecule has 0 aliphatic rings. The quantitative estimate of drug-likeness (QED) is 0.706. The number of benzene rings is 1. The number of rotatable bonds is 7. The van der Waals surface area contributed by atoms with Crippen molar-refractivity contribution in [1.29, 1.82) is 10.5 Å². The van der Waals surface area contributed by atoms with Crippen molar-refractivity contribution in [2.75, 3.05) is 27.3 Å². The van der Waals surface area contributed by atoms with Crippen LogP contribution < -0.4 is 9.47 Å². The third kappa shape index (κ3) is 4.46. The van der Waals surface area contributed by atoms with Crippen molar-refractivity contribution in [2.45, 2.75) is 6.42 Å². The molecule has 0 fully saturated rings. The van der Waals surface area contributed by atoms with Crippen LogP contribution in [0.15, 0.2) is 23.6 Å². The predicted octanol–water partition coefficient (Wildman–Crippen LogP) is 2.25. The maximum absolute atomic E-state index is 12.2. The van der Waals surface area contributed by atoms with Gasteiger partial charge in [0, 0.05) is 10.9 Å². The Hall–Kier alpha value is -3.10. The maximum Gasteiger partial charge on any atom is 0.230 e. The first kappa shape index (κ1) is 18.2. The van der Waals surface area contributed by atoms with Crippen molar-refractivity contribution in [1.82, 2.24) is 9.88 Å². The molecule has 128 valence electrons. The molecule has 1 aromatic carbocycles. The van der Waals surface area contributed by atoms with Gasteiger partial charge in [-0.2, -0.15) is 10.5 Å². The first-order valence-electron chi connectivity index (χ1n) is 7.31. The highest BCUT2D eigenvalue weighted by Crippen LogP contribution is 2.33. The normalized spacial score (nSPS) is 9.76. The van der Waals surface area contributed by atoms with Crippen LogP contribution in [0.5, 0.6) is 11.5 Å². The molecule has 8 heteroatoms. The summed E-state index contributed by atoms with van der Waals surface area (Å²) in [6, 6.07) is 9.25.